The standard InChI is InChI=1S/C30H30Cl2N4O2/c1-18(2)28(34-29(37)24-13-12-22(31)15-26(24)32)30(38)35-33-16-25-20(4)36(27-11-6-5-10-23(25)27)17-21-9-7-8-19(3)14-21/h5-16,18,28H,17H2,1-4H3,(H,34,37)(H,35,38)/b33-16-. The summed E-state index contributed by atoms with van der Waals surface area (Å²) in [4.78, 5) is 25.8. The van der Waals surface area contributed by atoms with Crippen molar-refractivity contribution < 1.29 is 9.59 Å². The molecule has 0 aliphatic heterocycles. The Morgan fingerprint density at radius 2 is 1.76 bits per heavy atom. The van der Waals surface area contributed by atoms with Gasteiger partial charge in [-0.2, -0.15) is 5.10 Å². The van der Waals surface area contributed by atoms with Crippen molar-refractivity contribution in [2.75, 3.05) is 0 Å². The minimum atomic E-state index is -0.810. The summed E-state index contributed by atoms with van der Waals surface area (Å²) in [5, 5.41) is 8.71. The van der Waals surface area contributed by atoms with Crippen LogP contribution in [0.3, 0.4) is 0 Å². The second-order valence-corrected chi connectivity index (χ2v) is 10.5. The number of hydrazone groups is 1. The van der Waals surface area contributed by atoms with Gasteiger partial charge >= 0.3 is 0 Å². The van der Waals surface area contributed by atoms with E-state index in [0.29, 0.717) is 5.02 Å². The number of para-hydroxylation sites is 1. The number of carbonyl (C=O) groups excluding carboxylic acids is 2. The number of hydrogen-bond donors (Lipinski definition) is 2. The van der Waals surface area contributed by atoms with E-state index in [1.807, 2.05) is 39.0 Å². The Morgan fingerprint density at radius 1 is 1.00 bits per heavy atom. The number of fused-ring (bicyclic) bond motifs is 1. The van der Waals surface area contributed by atoms with Crippen LogP contribution < -0.4 is 10.7 Å². The lowest BCUT2D eigenvalue weighted by Crippen LogP contribution is -2.48. The van der Waals surface area contributed by atoms with Crippen LogP contribution in [0.25, 0.3) is 10.9 Å². The molecule has 3 aromatic carbocycles. The van der Waals surface area contributed by atoms with Crippen molar-refractivity contribution in [3.63, 3.8) is 0 Å². The number of benzene rings is 3. The van der Waals surface area contributed by atoms with Crippen LogP contribution in [0.1, 0.15) is 46.6 Å². The molecule has 0 fully saturated rings. The monoisotopic (exact) mass is 548 g/mol. The highest BCUT2D eigenvalue weighted by atomic mass is 35.5. The fourth-order valence-electron chi connectivity index (χ4n) is 4.48. The third-order valence-electron chi connectivity index (χ3n) is 6.48. The molecule has 196 valence electrons. The average Bonchev–Trinajstić information content (AvgIpc) is 3.13. The summed E-state index contributed by atoms with van der Waals surface area (Å²) >= 11 is 12.1. The Morgan fingerprint density at radius 3 is 2.47 bits per heavy atom. The van der Waals surface area contributed by atoms with Gasteiger partial charge in [0.15, 0.2) is 0 Å². The van der Waals surface area contributed by atoms with Crippen LogP contribution in [-0.2, 0) is 11.3 Å². The Kier molecular flexibility index (Phi) is 8.55. The van der Waals surface area contributed by atoms with E-state index in [0.717, 1.165) is 28.7 Å². The zero-order valence-electron chi connectivity index (χ0n) is 21.8. The number of aromatic nitrogens is 1. The van der Waals surface area contributed by atoms with Gasteiger partial charge in [0.25, 0.3) is 11.8 Å². The normalized spacial score (nSPS) is 12.3. The van der Waals surface area contributed by atoms with Crippen molar-refractivity contribution in [2.45, 2.75) is 40.3 Å². The number of nitrogens with one attached hydrogen (secondary N) is 2. The topological polar surface area (TPSA) is 75.5 Å². The number of carbonyl (C=O) groups is 2. The molecule has 0 aliphatic carbocycles. The van der Waals surface area contributed by atoms with Gasteiger partial charge < -0.3 is 9.88 Å². The van der Waals surface area contributed by atoms with Crippen LogP contribution in [0.15, 0.2) is 71.8 Å². The predicted octanol–water partition coefficient (Wildman–Crippen LogP) is 6.52. The van der Waals surface area contributed by atoms with Crippen LogP contribution in [-0.4, -0.2) is 28.6 Å². The molecular formula is C30H30Cl2N4O2. The molecule has 0 saturated carbocycles. The van der Waals surface area contributed by atoms with E-state index in [4.69, 9.17) is 23.2 Å². The van der Waals surface area contributed by atoms with Gasteiger partial charge in [0, 0.05) is 33.7 Å². The second-order valence-electron chi connectivity index (χ2n) is 9.65. The van der Waals surface area contributed by atoms with E-state index in [1.165, 1.54) is 23.3 Å². The minimum Gasteiger partial charge on any atom is -0.340 e. The maximum Gasteiger partial charge on any atom is 0.262 e. The summed E-state index contributed by atoms with van der Waals surface area (Å²) in [6.07, 6.45) is 1.66. The highest BCUT2D eigenvalue weighted by molar-refractivity contribution is 6.36. The molecule has 0 bridgehead atoms. The second kappa shape index (κ2) is 11.8. The first-order valence-corrected chi connectivity index (χ1v) is 13.1. The summed E-state index contributed by atoms with van der Waals surface area (Å²) in [7, 11) is 0. The lowest BCUT2D eigenvalue weighted by molar-refractivity contribution is -0.123. The number of rotatable bonds is 8. The van der Waals surface area contributed by atoms with E-state index >= 15 is 0 Å². The minimum absolute atomic E-state index is 0.182. The van der Waals surface area contributed by atoms with E-state index in [9.17, 15) is 9.59 Å². The molecule has 4 aromatic rings. The molecule has 1 heterocycles. The van der Waals surface area contributed by atoms with Gasteiger partial charge in [0.05, 0.1) is 16.8 Å². The Balaban J connectivity index is 1.53. The van der Waals surface area contributed by atoms with Gasteiger partial charge in [0.2, 0.25) is 0 Å². The van der Waals surface area contributed by atoms with E-state index in [1.54, 1.807) is 12.3 Å². The average molecular weight is 550 g/mol. The molecule has 1 atom stereocenters. The van der Waals surface area contributed by atoms with Crippen LogP contribution in [0.5, 0.6) is 0 Å². The molecule has 8 heteroatoms. The molecule has 38 heavy (non-hydrogen) atoms. The summed E-state index contributed by atoms with van der Waals surface area (Å²) in [6, 6.07) is 20.4. The Labute approximate surface area is 232 Å². The van der Waals surface area contributed by atoms with Gasteiger partial charge in [-0.15, -0.1) is 0 Å². The first kappa shape index (κ1) is 27.4. The molecule has 0 saturated heterocycles. The zero-order valence-corrected chi connectivity index (χ0v) is 23.3. The van der Waals surface area contributed by atoms with Crippen LogP contribution in [0.4, 0.5) is 0 Å². The molecule has 2 N–H and O–H groups in total. The summed E-state index contributed by atoms with van der Waals surface area (Å²) < 4.78 is 2.25. The molecule has 2 amide bonds. The largest absolute Gasteiger partial charge is 0.340 e. The Bertz CT molecular complexity index is 1520. The quantitative estimate of drug-likeness (QED) is 0.194. The first-order valence-electron chi connectivity index (χ1n) is 12.4. The molecule has 6 nitrogen and oxygen atoms in total. The number of halogens is 2. The van der Waals surface area contributed by atoms with Crippen LogP contribution in [0, 0.1) is 19.8 Å². The maximum absolute atomic E-state index is 13.0. The lowest BCUT2D eigenvalue weighted by atomic mass is 10.0. The third-order valence-corrected chi connectivity index (χ3v) is 7.03. The van der Waals surface area contributed by atoms with Crippen molar-refractivity contribution in [2.24, 2.45) is 11.0 Å². The highest BCUT2D eigenvalue weighted by Gasteiger charge is 2.25. The van der Waals surface area contributed by atoms with E-state index in [-0.39, 0.29) is 16.5 Å². The van der Waals surface area contributed by atoms with Crippen molar-refractivity contribution in [1.82, 2.24) is 15.3 Å². The maximum atomic E-state index is 13.0. The molecular weight excluding hydrogens is 519 g/mol. The molecule has 0 radical (unpaired) electrons. The Hall–Kier alpha value is -3.61. The smallest absolute Gasteiger partial charge is 0.262 e. The van der Waals surface area contributed by atoms with Crippen LogP contribution >= 0.6 is 23.2 Å². The summed E-state index contributed by atoms with van der Waals surface area (Å²) in [6.45, 7) is 8.55. The first-order chi connectivity index (χ1) is 18.2. The van der Waals surface area contributed by atoms with Gasteiger partial charge in [-0.3, -0.25) is 9.59 Å². The number of aryl methyl sites for hydroxylation is 1. The molecule has 4 rings (SSSR count). The van der Waals surface area contributed by atoms with E-state index < -0.39 is 17.9 Å². The lowest BCUT2D eigenvalue weighted by Gasteiger charge is -2.20. The number of hydrogen-bond acceptors (Lipinski definition) is 3. The fourth-order valence-corrected chi connectivity index (χ4v) is 4.97. The molecule has 1 aromatic heterocycles. The summed E-state index contributed by atoms with van der Waals surface area (Å²) in [5.41, 5.74) is 8.32. The van der Waals surface area contributed by atoms with Gasteiger partial charge in [-0.05, 0) is 49.6 Å². The predicted molar refractivity (Wildman–Crippen MR) is 155 cm³/mol. The van der Waals surface area contributed by atoms with Gasteiger partial charge in [0.1, 0.15) is 6.04 Å². The summed E-state index contributed by atoms with van der Waals surface area (Å²) in [5.74, 6) is -1.06. The number of amides is 2. The molecule has 0 aliphatic rings. The highest BCUT2D eigenvalue weighted by Crippen LogP contribution is 2.26. The van der Waals surface area contributed by atoms with Crippen molar-refractivity contribution in [1.29, 1.82) is 0 Å². The number of nitrogens with zero attached hydrogens (tertiary/aromatic N) is 2. The fraction of sp³-hybridized carbons (Fsp3) is 0.233. The van der Waals surface area contributed by atoms with Crippen molar-refractivity contribution in [3.8, 4) is 0 Å². The van der Waals surface area contributed by atoms with Crippen molar-refractivity contribution in [3.05, 3.63) is 105 Å². The molecule has 0 spiro atoms. The SMILES string of the molecule is Cc1cccc(Cn2c(C)c(/C=N\NC(=O)C(NC(=O)c3ccc(Cl)cc3Cl)C(C)C)c3ccccc32)c1. The molecule has 1 unspecified atom stereocenters. The van der Waals surface area contributed by atoms with Crippen molar-refractivity contribution >= 4 is 52.1 Å². The zero-order chi connectivity index (χ0) is 27.4. The van der Waals surface area contributed by atoms with Gasteiger partial charge in [-0.1, -0.05) is 85.1 Å². The van der Waals surface area contributed by atoms with Crippen LogP contribution in [0.2, 0.25) is 10.0 Å². The third kappa shape index (κ3) is 6.09. The van der Waals surface area contributed by atoms with Gasteiger partial charge in [-0.25, -0.2) is 5.43 Å². The van der Waals surface area contributed by atoms with E-state index in [2.05, 4.69) is 57.7 Å².